The molecule has 1 saturated carbocycles. The molecule has 2 N–H and O–H groups in total. The average molecular weight is 439 g/mol. The standard InChI is InChI=1S/C24H48O2.C4H6O/c25-21-13-9-5-1-3-7-11-15-23-17-19-24(20-18-23)16-12-8-4-2-6-10-14-22-26;1-3-5-4-2/h23-26H,1-22H2;3-4H,1-2H2. The minimum Gasteiger partial charge on any atom is -0.474 e. The molecule has 0 aromatic carbocycles. The molecule has 3 heteroatoms. The van der Waals surface area contributed by atoms with Gasteiger partial charge < -0.3 is 14.9 Å². The van der Waals surface area contributed by atoms with Gasteiger partial charge in [0.15, 0.2) is 0 Å². The molecule has 184 valence electrons. The first-order valence-corrected chi connectivity index (χ1v) is 13.4. The van der Waals surface area contributed by atoms with E-state index >= 15 is 0 Å². The van der Waals surface area contributed by atoms with Gasteiger partial charge in [0.05, 0.1) is 12.5 Å². The van der Waals surface area contributed by atoms with Crippen LogP contribution in [0.4, 0.5) is 0 Å². The Labute approximate surface area is 194 Å². The molecule has 0 spiro atoms. The number of rotatable bonds is 20. The van der Waals surface area contributed by atoms with Crippen LogP contribution in [-0.4, -0.2) is 23.4 Å². The summed E-state index contributed by atoms with van der Waals surface area (Å²) in [6.07, 6.45) is 29.9. The van der Waals surface area contributed by atoms with Crippen LogP contribution in [0.1, 0.15) is 128 Å². The van der Waals surface area contributed by atoms with E-state index in [1.54, 1.807) is 0 Å². The van der Waals surface area contributed by atoms with E-state index in [0.717, 1.165) is 24.7 Å². The molecular formula is C28H54O3. The first kappa shape index (κ1) is 30.2. The minimum atomic E-state index is 0.369. The van der Waals surface area contributed by atoms with Crippen molar-refractivity contribution in [2.24, 2.45) is 11.8 Å². The molecule has 0 unspecified atom stereocenters. The number of ether oxygens (including phenoxy) is 1. The van der Waals surface area contributed by atoms with Crippen LogP contribution in [0.5, 0.6) is 0 Å². The zero-order valence-electron chi connectivity index (χ0n) is 20.6. The molecular weight excluding hydrogens is 384 g/mol. The molecule has 0 heterocycles. The summed E-state index contributed by atoms with van der Waals surface area (Å²) in [5.74, 6) is 2.07. The fraction of sp³-hybridized carbons (Fsp3) is 0.857. The third-order valence-corrected chi connectivity index (χ3v) is 6.70. The highest BCUT2D eigenvalue weighted by molar-refractivity contribution is 4.73. The largest absolute Gasteiger partial charge is 0.474 e. The number of unbranched alkanes of at least 4 members (excludes halogenated alkanes) is 12. The molecule has 1 fully saturated rings. The molecule has 0 saturated heterocycles. The molecule has 31 heavy (non-hydrogen) atoms. The van der Waals surface area contributed by atoms with Gasteiger partial charge in [-0.2, -0.15) is 0 Å². The maximum Gasteiger partial charge on any atom is 0.0829 e. The van der Waals surface area contributed by atoms with Crippen LogP contribution in [-0.2, 0) is 4.74 Å². The number of hydrogen-bond donors (Lipinski definition) is 2. The summed E-state index contributed by atoms with van der Waals surface area (Å²) in [5, 5.41) is 17.5. The second-order valence-corrected chi connectivity index (χ2v) is 9.33. The van der Waals surface area contributed by atoms with Crippen molar-refractivity contribution in [1.29, 1.82) is 0 Å². The zero-order valence-corrected chi connectivity index (χ0v) is 20.6. The van der Waals surface area contributed by atoms with Crippen LogP contribution in [0.3, 0.4) is 0 Å². The Morgan fingerprint density at radius 1 is 0.516 bits per heavy atom. The molecule has 0 amide bonds. The Balaban J connectivity index is 0.00000161. The van der Waals surface area contributed by atoms with E-state index < -0.39 is 0 Å². The molecule has 3 nitrogen and oxygen atoms in total. The average Bonchev–Trinajstić information content (AvgIpc) is 2.79. The lowest BCUT2D eigenvalue weighted by Crippen LogP contribution is -2.14. The van der Waals surface area contributed by atoms with Crippen molar-refractivity contribution in [3.63, 3.8) is 0 Å². The highest BCUT2D eigenvalue weighted by Gasteiger charge is 2.20. The van der Waals surface area contributed by atoms with Gasteiger partial charge in [-0.25, -0.2) is 0 Å². The van der Waals surface area contributed by atoms with Gasteiger partial charge in [0.25, 0.3) is 0 Å². The lowest BCUT2D eigenvalue weighted by Gasteiger charge is -2.28. The van der Waals surface area contributed by atoms with E-state index in [0.29, 0.717) is 13.2 Å². The Kier molecular flexibility index (Phi) is 24.8. The van der Waals surface area contributed by atoms with Crippen molar-refractivity contribution in [3.8, 4) is 0 Å². The summed E-state index contributed by atoms with van der Waals surface area (Å²) >= 11 is 0. The molecule has 0 atom stereocenters. The molecule has 0 aliphatic heterocycles. The highest BCUT2D eigenvalue weighted by atomic mass is 16.5. The van der Waals surface area contributed by atoms with E-state index in [4.69, 9.17) is 10.2 Å². The van der Waals surface area contributed by atoms with E-state index in [1.807, 2.05) is 0 Å². The first-order chi connectivity index (χ1) is 15.3. The third-order valence-electron chi connectivity index (χ3n) is 6.70. The monoisotopic (exact) mass is 438 g/mol. The molecule has 1 rings (SSSR count). The van der Waals surface area contributed by atoms with Gasteiger partial charge in [-0.05, 0) is 24.7 Å². The van der Waals surface area contributed by atoms with Gasteiger partial charge in [0, 0.05) is 13.2 Å². The second kappa shape index (κ2) is 25.5. The Morgan fingerprint density at radius 3 is 1.06 bits per heavy atom. The predicted molar refractivity (Wildman–Crippen MR) is 135 cm³/mol. The lowest BCUT2D eigenvalue weighted by atomic mass is 9.78. The number of hydrogen-bond acceptors (Lipinski definition) is 3. The molecule has 1 aliphatic carbocycles. The van der Waals surface area contributed by atoms with Gasteiger partial charge in [0.2, 0.25) is 0 Å². The van der Waals surface area contributed by atoms with Gasteiger partial charge in [-0.1, -0.05) is 129 Å². The van der Waals surface area contributed by atoms with Crippen molar-refractivity contribution in [1.82, 2.24) is 0 Å². The summed E-state index contributed by atoms with van der Waals surface area (Å²) in [7, 11) is 0. The predicted octanol–water partition coefficient (Wildman–Crippen LogP) is 8.31. The Hall–Kier alpha value is -0.800. The normalized spacial score (nSPS) is 18.1. The second-order valence-electron chi connectivity index (χ2n) is 9.33. The third kappa shape index (κ3) is 22.2. The molecule has 0 radical (unpaired) electrons. The molecule has 1 aliphatic rings. The van der Waals surface area contributed by atoms with Gasteiger partial charge in [-0.3, -0.25) is 0 Å². The van der Waals surface area contributed by atoms with Crippen LogP contribution >= 0.6 is 0 Å². The topological polar surface area (TPSA) is 49.7 Å². The SMILES string of the molecule is C=COC=C.OCCCCCCCCCC1CCC(CCCCCCCCCO)CC1. The van der Waals surface area contributed by atoms with Crippen LogP contribution in [0, 0.1) is 11.8 Å². The summed E-state index contributed by atoms with van der Waals surface area (Å²) in [4.78, 5) is 0. The maximum atomic E-state index is 8.77. The molecule has 0 aromatic heterocycles. The van der Waals surface area contributed by atoms with E-state index in [9.17, 15) is 0 Å². The van der Waals surface area contributed by atoms with Crippen molar-refractivity contribution < 1.29 is 14.9 Å². The highest BCUT2D eigenvalue weighted by Crippen LogP contribution is 2.34. The molecule has 0 aromatic rings. The van der Waals surface area contributed by atoms with Gasteiger partial charge in [0.1, 0.15) is 0 Å². The zero-order chi connectivity index (χ0) is 22.8. The van der Waals surface area contributed by atoms with Crippen LogP contribution < -0.4 is 0 Å². The van der Waals surface area contributed by atoms with Crippen LogP contribution in [0.25, 0.3) is 0 Å². The maximum absolute atomic E-state index is 8.77. The summed E-state index contributed by atoms with van der Waals surface area (Å²) in [6, 6.07) is 0. The Morgan fingerprint density at radius 2 is 0.806 bits per heavy atom. The molecule has 0 bridgehead atoms. The van der Waals surface area contributed by atoms with Gasteiger partial charge in [-0.15, -0.1) is 0 Å². The summed E-state index contributed by atoms with van der Waals surface area (Å²) < 4.78 is 4.36. The minimum absolute atomic E-state index is 0.369. The van der Waals surface area contributed by atoms with E-state index in [-0.39, 0.29) is 0 Å². The fourth-order valence-corrected chi connectivity index (χ4v) is 4.73. The van der Waals surface area contributed by atoms with Gasteiger partial charge >= 0.3 is 0 Å². The fourth-order valence-electron chi connectivity index (χ4n) is 4.73. The summed E-state index contributed by atoms with van der Waals surface area (Å²) in [6.45, 7) is 7.25. The van der Waals surface area contributed by atoms with Crippen molar-refractivity contribution in [2.45, 2.75) is 128 Å². The van der Waals surface area contributed by atoms with Crippen molar-refractivity contribution >= 4 is 0 Å². The smallest absolute Gasteiger partial charge is 0.0829 e. The van der Waals surface area contributed by atoms with Crippen LogP contribution in [0.15, 0.2) is 25.7 Å². The number of aliphatic hydroxyl groups is 2. The number of aliphatic hydroxyl groups excluding tert-OH is 2. The Bertz CT molecular complexity index is 327. The first-order valence-electron chi connectivity index (χ1n) is 13.4. The van der Waals surface area contributed by atoms with Crippen molar-refractivity contribution in [3.05, 3.63) is 25.7 Å². The summed E-state index contributed by atoms with van der Waals surface area (Å²) in [5.41, 5.74) is 0. The van der Waals surface area contributed by atoms with E-state index in [2.05, 4.69) is 17.9 Å². The van der Waals surface area contributed by atoms with Crippen molar-refractivity contribution in [2.75, 3.05) is 13.2 Å². The lowest BCUT2D eigenvalue weighted by molar-refractivity contribution is 0.244. The quantitative estimate of drug-likeness (QED) is 0.148. The van der Waals surface area contributed by atoms with Crippen LogP contribution in [0.2, 0.25) is 0 Å². The van der Waals surface area contributed by atoms with E-state index in [1.165, 1.54) is 128 Å².